The van der Waals surface area contributed by atoms with Crippen molar-refractivity contribution >= 4 is 34.0 Å². The van der Waals surface area contributed by atoms with E-state index in [2.05, 4.69) is 50.2 Å². The number of nitrogens with zero attached hydrogens (tertiary/aromatic N) is 3. The van der Waals surface area contributed by atoms with Gasteiger partial charge in [-0.1, -0.05) is 53.8 Å². The molecule has 4 rings (SSSR count). The van der Waals surface area contributed by atoms with Crippen molar-refractivity contribution in [1.29, 1.82) is 0 Å². The molecular weight excluding hydrogens is 444 g/mol. The van der Waals surface area contributed by atoms with Crippen LogP contribution in [0.25, 0.3) is 10.6 Å². The summed E-state index contributed by atoms with van der Waals surface area (Å²) < 4.78 is 0. The molecular formula is C26H28N6OS. The SMILES string of the molecule is CC(=O)NCCc1cccc(Nc2nccc(-c3sc(NCCc4ccccc4)nc3C)n2)c1. The first-order valence-corrected chi connectivity index (χ1v) is 12.1. The number of carbonyl (C=O) groups is 1. The van der Waals surface area contributed by atoms with Crippen LogP contribution in [0, 0.1) is 6.92 Å². The Balaban J connectivity index is 1.40. The van der Waals surface area contributed by atoms with E-state index in [0.29, 0.717) is 12.5 Å². The number of hydrogen-bond donors (Lipinski definition) is 3. The van der Waals surface area contributed by atoms with Crippen molar-refractivity contribution < 1.29 is 4.79 Å². The van der Waals surface area contributed by atoms with Gasteiger partial charge in [0.2, 0.25) is 11.9 Å². The molecule has 0 aliphatic carbocycles. The van der Waals surface area contributed by atoms with Crippen molar-refractivity contribution in [1.82, 2.24) is 20.3 Å². The standard InChI is InChI=1S/C26H28N6OS/c1-18-24(34-26(30-18)29-15-11-20-7-4-3-5-8-20)23-13-16-28-25(32-23)31-22-10-6-9-21(17-22)12-14-27-19(2)33/h3-10,13,16-17H,11-12,14-15H2,1-2H3,(H,27,33)(H,29,30)(H,28,31,32). The molecule has 1 amide bonds. The highest BCUT2D eigenvalue weighted by Gasteiger charge is 2.12. The summed E-state index contributed by atoms with van der Waals surface area (Å²) in [6.07, 6.45) is 3.46. The summed E-state index contributed by atoms with van der Waals surface area (Å²) in [5.74, 6) is 0.510. The van der Waals surface area contributed by atoms with E-state index >= 15 is 0 Å². The average Bonchev–Trinajstić information content (AvgIpc) is 3.20. The summed E-state index contributed by atoms with van der Waals surface area (Å²) in [5, 5.41) is 10.4. The van der Waals surface area contributed by atoms with Crippen LogP contribution in [0.1, 0.15) is 23.7 Å². The maximum Gasteiger partial charge on any atom is 0.227 e. The van der Waals surface area contributed by atoms with E-state index in [9.17, 15) is 4.79 Å². The van der Waals surface area contributed by atoms with Crippen LogP contribution in [0.2, 0.25) is 0 Å². The largest absolute Gasteiger partial charge is 0.361 e. The number of hydrogen-bond acceptors (Lipinski definition) is 7. The zero-order valence-electron chi connectivity index (χ0n) is 19.3. The van der Waals surface area contributed by atoms with Crippen LogP contribution in [-0.2, 0) is 17.6 Å². The minimum absolute atomic E-state index is 0.0209. The smallest absolute Gasteiger partial charge is 0.227 e. The maximum atomic E-state index is 11.1. The van der Waals surface area contributed by atoms with Gasteiger partial charge in [-0.3, -0.25) is 4.79 Å². The molecule has 0 spiro atoms. The maximum absolute atomic E-state index is 11.1. The highest BCUT2D eigenvalue weighted by molar-refractivity contribution is 7.19. The number of anilines is 3. The van der Waals surface area contributed by atoms with E-state index in [1.807, 2.05) is 43.3 Å². The molecule has 0 radical (unpaired) electrons. The number of thiazole rings is 1. The van der Waals surface area contributed by atoms with Gasteiger partial charge in [0.1, 0.15) is 0 Å². The molecule has 2 aromatic carbocycles. The van der Waals surface area contributed by atoms with Gasteiger partial charge in [-0.25, -0.2) is 15.0 Å². The van der Waals surface area contributed by atoms with Crippen molar-refractivity contribution in [3.63, 3.8) is 0 Å². The number of aromatic nitrogens is 3. The van der Waals surface area contributed by atoms with Gasteiger partial charge in [0, 0.05) is 31.9 Å². The fourth-order valence-corrected chi connectivity index (χ4v) is 4.49. The van der Waals surface area contributed by atoms with Gasteiger partial charge in [-0.05, 0) is 49.1 Å². The summed E-state index contributed by atoms with van der Waals surface area (Å²) in [5.41, 5.74) is 5.11. The first-order chi connectivity index (χ1) is 16.6. The Labute approximate surface area is 203 Å². The molecule has 0 bridgehead atoms. The molecule has 0 unspecified atom stereocenters. The van der Waals surface area contributed by atoms with Gasteiger partial charge < -0.3 is 16.0 Å². The van der Waals surface area contributed by atoms with E-state index in [1.165, 1.54) is 12.5 Å². The van der Waals surface area contributed by atoms with Gasteiger partial charge in [-0.15, -0.1) is 0 Å². The fraction of sp³-hybridized carbons (Fsp3) is 0.231. The summed E-state index contributed by atoms with van der Waals surface area (Å²) in [4.78, 5) is 25.9. The van der Waals surface area contributed by atoms with Gasteiger partial charge >= 0.3 is 0 Å². The number of benzene rings is 2. The molecule has 0 aliphatic rings. The lowest BCUT2D eigenvalue weighted by Gasteiger charge is -2.08. The average molecular weight is 473 g/mol. The van der Waals surface area contributed by atoms with Crippen LogP contribution < -0.4 is 16.0 Å². The number of rotatable bonds is 10. The van der Waals surface area contributed by atoms with Crippen molar-refractivity contribution in [3.05, 3.63) is 83.7 Å². The topological polar surface area (TPSA) is 91.8 Å². The van der Waals surface area contributed by atoms with Crippen LogP contribution in [0.4, 0.5) is 16.8 Å². The van der Waals surface area contributed by atoms with Crippen molar-refractivity contribution in [2.24, 2.45) is 0 Å². The minimum atomic E-state index is -0.0209. The highest BCUT2D eigenvalue weighted by atomic mass is 32.1. The molecule has 34 heavy (non-hydrogen) atoms. The number of nitrogens with one attached hydrogen (secondary N) is 3. The quantitative estimate of drug-likeness (QED) is 0.301. The second-order valence-electron chi connectivity index (χ2n) is 7.92. The van der Waals surface area contributed by atoms with Gasteiger partial charge in [-0.2, -0.15) is 0 Å². The van der Waals surface area contributed by atoms with Crippen LogP contribution in [0.3, 0.4) is 0 Å². The summed E-state index contributed by atoms with van der Waals surface area (Å²) in [7, 11) is 0. The van der Waals surface area contributed by atoms with E-state index < -0.39 is 0 Å². The lowest BCUT2D eigenvalue weighted by molar-refractivity contribution is -0.118. The molecule has 4 aromatic rings. The van der Waals surface area contributed by atoms with Gasteiger partial charge in [0.05, 0.1) is 16.3 Å². The van der Waals surface area contributed by atoms with Crippen LogP contribution in [0.15, 0.2) is 66.9 Å². The molecule has 0 atom stereocenters. The monoisotopic (exact) mass is 472 g/mol. The third-order valence-electron chi connectivity index (χ3n) is 5.19. The predicted molar refractivity (Wildman–Crippen MR) is 139 cm³/mol. The number of aryl methyl sites for hydroxylation is 1. The Morgan fingerprint density at radius 3 is 2.56 bits per heavy atom. The molecule has 8 heteroatoms. The van der Waals surface area contributed by atoms with Crippen molar-refractivity contribution in [2.75, 3.05) is 23.7 Å². The van der Waals surface area contributed by atoms with Crippen molar-refractivity contribution in [3.8, 4) is 10.6 Å². The van der Waals surface area contributed by atoms with E-state index in [4.69, 9.17) is 4.98 Å². The zero-order valence-corrected chi connectivity index (χ0v) is 20.2. The van der Waals surface area contributed by atoms with Crippen LogP contribution in [-0.4, -0.2) is 33.9 Å². The zero-order chi connectivity index (χ0) is 23.8. The van der Waals surface area contributed by atoms with E-state index in [-0.39, 0.29) is 5.91 Å². The third kappa shape index (κ3) is 6.62. The number of carbonyl (C=O) groups excluding carboxylic acids is 1. The Bertz CT molecular complexity index is 1240. The molecule has 0 aliphatic heterocycles. The first kappa shape index (κ1) is 23.4. The molecule has 0 saturated heterocycles. The molecule has 3 N–H and O–H groups in total. The predicted octanol–water partition coefficient (Wildman–Crippen LogP) is 4.99. The molecule has 2 heterocycles. The highest BCUT2D eigenvalue weighted by Crippen LogP contribution is 2.32. The number of amides is 1. The second-order valence-corrected chi connectivity index (χ2v) is 8.92. The minimum Gasteiger partial charge on any atom is -0.361 e. The van der Waals surface area contributed by atoms with Gasteiger partial charge in [0.15, 0.2) is 5.13 Å². The van der Waals surface area contributed by atoms with Crippen LogP contribution in [0.5, 0.6) is 0 Å². The first-order valence-electron chi connectivity index (χ1n) is 11.3. The second kappa shape index (κ2) is 11.4. The molecule has 0 fully saturated rings. The third-order valence-corrected chi connectivity index (χ3v) is 6.33. The molecule has 0 saturated carbocycles. The lowest BCUT2D eigenvalue weighted by atomic mass is 10.1. The Morgan fingerprint density at radius 2 is 1.74 bits per heavy atom. The summed E-state index contributed by atoms with van der Waals surface area (Å²) in [6, 6.07) is 20.4. The summed E-state index contributed by atoms with van der Waals surface area (Å²) >= 11 is 1.60. The van der Waals surface area contributed by atoms with Gasteiger partial charge in [0.25, 0.3) is 0 Å². The molecule has 2 aromatic heterocycles. The van der Waals surface area contributed by atoms with E-state index in [0.717, 1.165) is 52.0 Å². The van der Waals surface area contributed by atoms with Crippen LogP contribution >= 0.6 is 11.3 Å². The Hall–Kier alpha value is -3.78. The Morgan fingerprint density at radius 1 is 0.941 bits per heavy atom. The van der Waals surface area contributed by atoms with Crippen molar-refractivity contribution in [2.45, 2.75) is 26.7 Å². The van der Waals surface area contributed by atoms with E-state index in [1.54, 1.807) is 17.5 Å². The normalized spacial score (nSPS) is 10.6. The lowest BCUT2D eigenvalue weighted by Crippen LogP contribution is -2.22. The Kier molecular flexibility index (Phi) is 7.83. The molecule has 7 nitrogen and oxygen atoms in total. The summed E-state index contributed by atoms with van der Waals surface area (Å²) in [6.45, 7) is 4.96. The molecule has 174 valence electrons. The fourth-order valence-electron chi connectivity index (χ4n) is 3.53.